The molecule has 1 amide bonds. The number of carbonyl (C=O) groups excluding carboxylic acids is 1. The van der Waals surface area contributed by atoms with Crippen LogP contribution >= 0.6 is 0 Å². The Morgan fingerprint density at radius 3 is 2.50 bits per heavy atom. The van der Waals surface area contributed by atoms with E-state index in [9.17, 15) is 4.79 Å². The lowest BCUT2D eigenvalue weighted by molar-refractivity contribution is -0.0930. The summed E-state index contributed by atoms with van der Waals surface area (Å²) in [7, 11) is 0. The highest BCUT2D eigenvalue weighted by Gasteiger charge is 2.39. The van der Waals surface area contributed by atoms with Gasteiger partial charge in [-0.2, -0.15) is 0 Å². The van der Waals surface area contributed by atoms with Gasteiger partial charge in [0.1, 0.15) is 5.60 Å². The Balaban J connectivity index is 1.93. The van der Waals surface area contributed by atoms with E-state index in [2.05, 4.69) is 6.08 Å². The molecule has 0 N–H and O–H groups in total. The highest BCUT2D eigenvalue weighted by Crippen LogP contribution is 2.36. The molecular weight excluding hydrogens is 206 g/mol. The third-order valence-corrected chi connectivity index (χ3v) is 2.87. The quantitative estimate of drug-likeness (QED) is 0.634. The second-order valence-electron chi connectivity index (χ2n) is 5.59. The number of amides is 1. The van der Waals surface area contributed by atoms with Crippen molar-refractivity contribution in [3.05, 3.63) is 12.3 Å². The average molecular weight is 225 g/mol. The summed E-state index contributed by atoms with van der Waals surface area (Å²) in [6.45, 7) is 7.91. The smallest absolute Gasteiger partial charge is 0.414 e. The molecule has 2 aliphatic rings. The largest absolute Gasteiger partial charge is 0.443 e. The maximum absolute atomic E-state index is 11.8. The van der Waals surface area contributed by atoms with Gasteiger partial charge in [0, 0.05) is 18.2 Å². The molecule has 2 heterocycles. The SMILES string of the molecule is CC(C)(C)OC(=O)N1C=CC2(CC1)COC2. The fourth-order valence-corrected chi connectivity index (χ4v) is 1.83. The van der Waals surface area contributed by atoms with Crippen molar-refractivity contribution in [2.75, 3.05) is 19.8 Å². The molecule has 4 nitrogen and oxygen atoms in total. The summed E-state index contributed by atoms with van der Waals surface area (Å²) in [5.74, 6) is 0. The van der Waals surface area contributed by atoms with E-state index in [-0.39, 0.29) is 11.5 Å². The van der Waals surface area contributed by atoms with Crippen molar-refractivity contribution in [2.24, 2.45) is 5.41 Å². The first-order valence-corrected chi connectivity index (χ1v) is 5.67. The lowest BCUT2D eigenvalue weighted by atomic mass is 9.81. The van der Waals surface area contributed by atoms with E-state index < -0.39 is 5.60 Å². The number of hydrogen-bond donors (Lipinski definition) is 0. The van der Waals surface area contributed by atoms with Crippen molar-refractivity contribution < 1.29 is 14.3 Å². The van der Waals surface area contributed by atoms with Crippen LogP contribution in [0.15, 0.2) is 12.3 Å². The molecule has 90 valence electrons. The Morgan fingerprint density at radius 2 is 2.12 bits per heavy atom. The predicted molar refractivity (Wildman–Crippen MR) is 59.9 cm³/mol. The summed E-state index contributed by atoms with van der Waals surface area (Å²) in [5.41, 5.74) is -0.238. The monoisotopic (exact) mass is 225 g/mol. The second kappa shape index (κ2) is 3.77. The van der Waals surface area contributed by atoms with E-state index in [0.29, 0.717) is 0 Å². The van der Waals surface area contributed by atoms with Crippen LogP contribution in [0.5, 0.6) is 0 Å². The minimum absolute atomic E-state index is 0.193. The molecule has 0 unspecified atom stereocenters. The van der Waals surface area contributed by atoms with E-state index >= 15 is 0 Å². The number of carbonyl (C=O) groups is 1. The van der Waals surface area contributed by atoms with E-state index in [1.54, 1.807) is 4.90 Å². The average Bonchev–Trinajstić information content (AvgIpc) is 2.13. The first-order chi connectivity index (χ1) is 7.40. The normalized spacial score (nSPS) is 23.1. The van der Waals surface area contributed by atoms with Gasteiger partial charge in [-0.1, -0.05) is 6.08 Å². The molecule has 2 aliphatic heterocycles. The molecular formula is C12H19NO3. The molecule has 0 aromatic rings. The molecule has 2 rings (SSSR count). The van der Waals surface area contributed by atoms with Crippen molar-refractivity contribution in [3.8, 4) is 0 Å². The Bertz CT molecular complexity index is 313. The van der Waals surface area contributed by atoms with Gasteiger partial charge in [0.25, 0.3) is 0 Å². The zero-order valence-electron chi connectivity index (χ0n) is 10.2. The minimum atomic E-state index is -0.431. The van der Waals surface area contributed by atoms with E-state index in [0.717, 1.165) is 26.2 Å². The third kappa shape index (κ3) is 2.38. The fraction of sp³-hybridized carbons (Fsp3) is 0.750. The molecule has 0 aromatic carbocycles. The van der Waals surface area contributed by atoms with Crippen LogP contribution in [-0.2, 0) is 9.47 Å². The van der Waals surface area contributed by atoms with Gasteiger partial charge in [0.15, 0.2) is 0 Å². The maximum atomic E-state index is 11.8. The molecule has 1 saturated heterocycles. The maximum Gasteiger partial charge on any atom is 0.414 e. The standard InChI is InChI=1S/C12H19NO3/c1-11(2,3)16-10(14)13-6-4-12(5-7-13)8-15-9-12/h4,6H,5,7-9H2,1-3H3. The van der Waals surface area contributed by atoms with E-state index in [1.807, 2.05) is 27.0 Å². The van der Waals surface area contributed by atoms with Crippen LogP contribution in [0.4, 0.5) is 4.79 Å². The van der Waals surface area contributed by atoms with E-state index in [4.69, 9.17) is 9.47 Å². The summed E-state index contributed by atoms with van der Waals surface area (Å²) in [5, 5.41) is 0. The van der Waals surface area contributed by atoms with Crippen molar-refractivity contribution in [3.63, 3.8) is 0 Å². The second-order valence-corrected chi connectivity index (χ2v) is 5.59. The van der Waals surface area contributed by atoms with Gasteiger partial charge in [-0.15, -0.1) is 0 Å². The van der Waals surface area contributed by atoms with Gasteiger partial charge in [0.2, 0.25) is 0 Å². The molecule has 0 aromatic heterocycles. The molecule has 4 heteroatoms. The first kappa shape index (κ1) is 11.5. The molecule has 0 aliphatic carbocycles. The summed E-state index contributed by atoms with van der Waals surface area (Å²) in [6, 6.07) is 0. The van der Waals surface area contributed by atoms with E-state index in [1.165, 1.54) is 0 Å². The Kier molecular flexibility index (Phi) is 2.70. The lowest BCUT2D eigenvalue weighted by Crippen LogP contribution is -2.47. The minimum Gasteiger partial charge on any atom is -0.443 e. The van der Waals surface area contributed by atoms with Crippen LogP contribution in [-0.4, -0.2) is 36.4 Å². The molecule has 16 heavy (non-hydrogen) atoms. The Morgan fingerprint density at radius 1 is 1.44 bits per heavy atom. The zero-order chi connectivity index (χ0) is 11.8. The Labute approximate surface area is 96.2 Å². The zero-order valence-corrected chi connectivity index (χ0v) is 10.2. The van der Waals surface area contributed by atoms with Crippen LogP contribution in [0.25, 0.3) is 0 Å². The number of ether oxygens (including phenoxy) is 2. The van der Waals surface area contributed by atoms with Crippen LogP contribution < -0.4 is 0 Å². The highest BCUT2D eigenvalue weighted by atomic mass is 16.6. The molecule has 1 spiro atoms. The van der Waals surface area contributed by atoms with Gasteiger partial charge < -0.3 is 9.47 Å². The van der Waals surface area contributed by atoms with Crippen LogP contribution in [0.3, 0.4) is 0 Å². The van der Waals surface area contributed by atoms with Crippen molar-refractivity contribution in [2.45, 2.75) is 32.8 Å². The molecule has 0 bridgehead atoms. The topological polar surface area (TPSA) is 38.8 Å². The first-order valence-electron chi connectivity index (χ1n) is 5.67. The predicted octanol–water partition coefficient (Wildman–Crippen LogP) is 2.16. The van der Waals surface area contributed by atoms with Gasteiger partial charge >= 0.3 is 6.09 Å². The molecule has 0 radical (unpaired) electrons. The van der Waals surface area contributed by atoms with Gasteiger partial charge in [0.05, 0.1) is 13.2 Å². The lowest BCUT2D eigenvalue weighted by Gasteiger charge is -2.43. The summed E-state index contributed by atoms with van der Waals surface area (Å²) >= 11 is 0. The Hall–Kier alpha value is -1.03. The van der Waals surface area contributed by atoms with Gasteiger partial charge in [-0.25, -0.2) is 4.79 Å². The number of hydrogen-bond acceptors (Lipinski definition) is 3. The fourth-order valence-electron chi connectivity index (χ4n) is 1.83. The number of nitrogens with zero attached hydrogens (tertiary/aromatic N) is 1. The van der Waals surface area contributed by atoms with Crippen molar-refractivity contribution >= 4 is 6.09 Å². The van der Waals surface area contributed by atoms with Crippen LogP contribution in [0, 0.1) is 5.41 Å². The van der Waals surface area contributed by atoms with Crippen LogP contribution in [0.1, 0.15) is 27.2 Å². The van der Waals surface area contributed by atoms with Crippen molar-refractivity contribution in [1.29, 1.82) is 0 Å². The molecule has 0 saturated carbocycles. The summed E-state index contributed by atoms with van der Waals surface area (Å²) in [6.07, 6.45) is 4.60. The highest BCUT2D eigenvalue weighted by molar-refractivity contribution is 5.69. The van der Waals surface area contributed by atoms with Crippen LogP contribution in [0.2, 0.25) is 0 Å². The van der Waals surface area contributed by atoms with Crippen molar-refractivity contribution in [1.82, 2.24) is 4.90 Å². The summed E-state index contributed by atoms with van der Waals surface area (Å²) in [4.78, 5) is 13.4. The molecule has 0 atom stereocenters. The molecule has 1 fully saturated rings. The third-order valence-electron chi connectivity index (χ3n) is 2.87. The van der Waals surface area contributed by atoms with Gasteiger partial charge in [-0.05, 0) is 27.2 Å². The summed E-state index contributed by atoms with van der Waals surface area (Å²) < 4.78 is 10.5. The number of rotatable bonds is 0. The van der Waals surface area contributed by atoms with Gasteiger partial charge in [-0.3, -0.25) is 4.90 Å².